The Balaban J connectivity index is 0. The third kappa shape index (κ3) is 76.7. The van der Waals surface area contributed by atoms with E-state index in [-0.39, 0.29) is 16.5 Å². The topological polar surface area (TPSA) is 36.4 Å². The van der Waals surface area contributed by atoms with Gasteiger partial charge in [0, 0.05) is 5.57 Å². The number of aryl methyl sites for hydroxylation is 4. The second-order valence-corrected chi connectivity index (χ2v) is 35.5. The minimum atomic E-state index is 0. The van der Waals surface area contributed by atoms with Crippen molar-refractivity contribution < 1.29 is 21.3 Å². The minimum Gasteiger partial charge on any atom is -0.348 e. The van der Waals surface area contributed by atoms with Crippen LogP contribution in [0.3, 0.4) is 0 Å². The molecule has 0 saturated heterocycles. The Morgan fingerprint density at radius 2 is 0.460 bits per heavy atom. The van der Waals surface area contributed by atoms with Crippen molar-refractivity contribution in [2.24, 2.45) is 0 Å². The van der Waals surface area contributed by atoms with Crippen LogP contribution in [-0.4, -0.2) is 10.7 Å². The predicted molar refractivity (Wildman–Crippen MR) is 511 cm³/mol. The van der Waals surface area contributed by atoms with Gasteiger partial charge < -0.3 is 19.4 Å². The van der Waals surface area contributed by atoms with Gasteiger partial charge in [0.1, 0.15) is 0 Å². The molecule has 2 aromatic carbocycles. The van der Waals surface area contributed by atoms with Crippen molar-refractivity contribution in [3.05, 3.63) is 112 Å². The molecule has 0 heterocycles. The minimum absolute atomic E-state index is 0. The summed E-state index contributed by atoms with van der Waals surface area (Å²) in [6, 6.07) is 15.4. The Bertz CT molecular complexity index is 2240. The van der Waals surface area contributed by atoms with Crippen LogP contribution in [0.15, 0.2) is 59.7 Å². The van der Waals surface area contributed by atoms with Crippen LogP contribution in [0, 0.1) is 13.8 Å². The Labute approximate surface area is 722 Å². The SMILES string of the molecule is CCCCCCCCCCCCCCCCC=CC(C(=C=[N+]=[N-])CC)=C(c1cc(CCCC)cc(CCCC)c1)c1cc(CCCCCCCCCCCCCCCCCCCCCCC)cc(CCCCCCCCCCCCCCCCCCCCCCC)c1.[CH2-]CCCCCCCCC.[CH2-]CCCCCCCCC.[Ni+2]. The van der Waals surface area contributed by atoms with Gasteiger partial charge in [0.15, 0.2) is 0 Å². The molecule has 2 rings (SSSR count). The summed E-state index contributed by atoms with van der Waals surface area (Å²) in [7, 11) is 0. The van der Waals surface area contributed by atoms with Crippen molar-refractivity contribution in [1.29, 1.82) is 0 Å². The van der Waals surface area contributed by atoms with Crippen LogP contribution in [0.2, 0.25) is 0 Å². The van der Waals surface area contributed by atoms with E-state index in [1.54, 1.807) is 0 Å². The molecule has 0 fully saturated rings. The van der Waals surface area contributed by atoms with E-state index in [9.17, 15) is 5.53 Å². The van der Waals surface area contributed by atoms with Crippen LogP contribution >= 0.6 is 0 Å². The monoisotopic (exact) mass is 1610 g/mol. The Kier molecular flexibility index (Phi) is 94.7. The zero-order valence-corrected chi connectivity index (χ0v) is 79.2. The number of allylic oxidation sites excluding steroid dienone is 4. The van der Waals surface area contributed by atoms with Gasteiger partial charge in [-0.05, 0) is 110 Å². The molecular formula is C110H200N2Ni. The fourth-order valence-electron chi connectivity index (χ4n) is 16.8. The summed E-state index contributed by atoms with van der Waals surface area (Å²) in [5.74, 6) is 3.16. The van der Waals surface area contributed by atoms with Crippen molar-refractivity contribution in [3.8, 4) is 0 Å². The molecule has 0 aliphatic rings. The van der Waals surface area contributed by atoms with E-state index in [1.165, 1.54) is 520 Å². The van der Waals surface area contributed by atoms with Gasteiger partial charge in [-0.3, -0.25) is 0 Å². The standard InChI is InChI=1S/C90H158N2.2C10H21.Ni/c1-7-13-18-21-24-27-30-33-36-39-41-43-45-47-49-52-55-58-61-64-67-72-84-76-85(73-68-65-62-59-56-53-50-48-46-44-42-40-37-34-31-28-25-22-19-14-8-2)80-88(79-84)90(87-77-82(70-16-10-4)75-83(78-87)71-17-11-5)89(86(12-6)81-92-91)74-69-66-63-60-57-54-51-38-35-32-29-26-23-20-15-9-3;2*1-3-5-7-9-10-8-6-4-2;/h69,74-80H,7-68,70-73H2,1-6H3;2*1,3-10H2,2H3;/q;2*-1;+2. The molecule has 0 saturated carbocycles. The molecule has 0 aromatic heterocycles. The van der Waals surface area contributed by atoms with E-state index in [2.05, 4.69) is 128 Å². The van der Waals surface area contributed by atoms with Crippen LogP contribution in [0.1, 0.15) is 590 Å². The number of rotatable bonds is 84. The summed E-state index contributed by atoms with van der Waals surface area (Å²) in [5.41, 5.74) is 22.4. The molecule has 660 valence electrons. The van der Waals surface area contributed by atoms with E-state index >= 15 is 0 Å². The molecule has 0 bridgehead atoms. The molecule has 0 aliphatic heterocycles. The maximum atomic E-state index is 10.3. The maximum Gasteiger partial charge on any atom is 2.00 e. The molecule has 0 unspecified atom stereocenters. The molecule has 0 aliphatic carbocycles. The average molecular weight is 1610 g/mol. The average Bonchev–Trinajstić information content (AvgIpc) is 0.787. The van der Waals surface area contributed by atoms with Crippen molar-refractivity contribution in [3.63, 3.8) is 0 Å². The fourth-order valence-corrected chi connectivity index (χ4v) is 16.8. The summed E-state index contributed by atoms with van der Waals surface area (Å²) >= 11 is 0. The summed E-state index contributed by atoms with van der Waals surface area (Å²) in [4.78, 5) is 3.65. The Morgan fingerprint density at radius 3 is 0.664 bits per heavy atom. The van der Waals surface area contributed by atoms with Crippen LogP contribution in [0.5, 0.6) is 0 Å². The van der Waals surface area contributed by atoms with Crippen LogP contribution < -0.4 is 0 Å². The molecular weight excluding hydrogens is 1410 g/mol. The van der Waals surface area contributed by atoms with Gasteiger partial charge in [-0.2, -0.15) is 12.8 Å². The molecule has 0 spiro atoms. The zero-order valence-electron chi connectivity index (χ0n) is 78.2. The number of benzene rings is 2. The van der Waals surface area contributed by atoms with Gasteiger partial charge in [0.25, 0.3) is 0 Å². The second kappa shape index (κ2) is 95.1. The summed E-state index contributed by atoms with van der Waals surface area (Å²) in [6.07, 6.45) is 117. The van der Waals surface area contributed by atoms with Gasteiger partial charge in [-0.15, -0.1) is 4.79 Å². The summed E-state index contributed by atoms with van der Waals surface area (Å²) in [6.45, 7) is 26.0. The third-order valence-corrected chi connectivity index (χ3v) is 24.3. The van der Waals surface area contributed by atoms with Gasteiger partial charge >= 0.3 is 22.4 Å². The van der Waals surface area contributed by atoms with Crippen molar-refractivity contribution >= 4 is 11.4 Å². The first kappa shape index (κ1) is 113. The van der Waals surface area contributed by atoms with E-state index < -0.39 is 0 Å². The van der Waals surface area contributed by atoms with Crippen LogP contribution in [0.25, 0.3) is 11.1 Å². The molecule has 0 amide bonds. The molecule has 0 atom stereocenters. The smallest absolute Gasteiger partial charge is 0.348 e. The molecule has 0 N–H and O–H groups in total. The number of unbranched alkanes of at least 4 members (excludes halogenated alkanes) is 70. The van der Waals surface area contributed by atoms with Crippen molar-refractivity contribution in [2.75, 3.05) is 0 Å². The van der Waals surface area contributed by atoms with Gasteiger partial charge in [0.2, 0.25) is 0 Å². The summed E-state index contributed by atoms with van der Waals surface area (Å²) in [5, 5.41) is 0. The van der Waals surface area contributed by atoms with Gasteiger partial charge in [-0.25, -0.2) is 0 Å². The normalized spacial score (nSPS) is 11.5. The van der Waals surface area contributed by atoms with E-state index in [0.717, 1.165) is 56.9 Å². The summed E-state index contributed by atoms with van der Waals surface area (Å²) < 4.78 is 0. The fraction of sp³-hybridized carbons (Fsp3) is 0.818. The first-order chi connectivity index (χ1) is 55.4. The Hall–Kier alpha value is -2.43. The zero-order chi connectivity index (χ0) is 81.2. The van der Waals surface area contributed by atoms with Crippen molar-refractivity contribution in [1.82, 2.24) is 0 Å². The maximum absolute atomic E-state index is 10.3. The van der Waals surface area contributed by atoms with Gasteiger partial charge in [-0.1, -0.05) is 547 Å². The number of nitrogens with zero attached hydrogens (tertiary/aromatic N) is 2. The largest absolute Gasteiger partial charge is 2.00 e. The first-order valence-electron chi connectivity index (χ1n) is 51.6. The van der Waals surface area contributed by atoms with Crippen molar-refractivity contribution in [2.45, 2.75) is 582 Å². The number of hydrogen-bond acceptors (Lipinski definition) is 0. The Morgan fingerprint density at radius 1 is 0.265 bits per heavy atom. The van der Waals surface area contributed by atoms with Crippen LogP contribution in [-0.2, 0) is 42.2 Å². The second-order valence-electron chi connectivity index (χ2n) is 35.5. The van der Waals surface area contributed by atoms with E-state index in [4.69, 9.17) is 0 Å². The van der Waals surface area contributed by atoms with Crippen LogP contribution in [0.4, 0.5) is 0 Å². The van der Waals surface area contributed by atoms with Gasteiger partial charge in [0.05, 0.1) is 5.57 Å². The first-order valence-corrected chi connectivity index (χ1v) is 51.6. The third-order valence-electron chi connectivity index (χ3n) is 24.3. The molecule has 2 nitrogen and oxygen atoms in total. The molecule has 113 heavy (non-hydrogen) atoms. The molecule has 0 radical (unpaired) electrons. The van der Waals surface area contributed by atoms with E-state index in [1.807, 2.05) is 0 Å². The molecule has 2 aromatic rings. The quantitative estimate of drug-likeness (QED) is 0.0120. The molecule has 3 heteroatoms. The number of hydrogen-bond donors (Lipinski definition) is 0. The van der Waals surface area contributed by atoms with E-state index in [0.29, 0.717) is 0 Å². The predicted octanol–water partition coefficient (Wildman–Crippen LogP) is 39.3.